The smallest absolute Gasteiger partial charge is 0.303 e. The van der Waals surface area contributed by atoms with E-state index in [-0.39, 0.29) is 34.9 Å². The Hall–Kier alpha value is -1.64. The summed E-state index contributed by atoms with van der Waals surface area (Å²) in [6, 6.07) is 4.07. The molecule has 0 radical (unpaired) electrons. The minimum Gasteiger partial charge on any atom is -0.481 e. The highest BCUT2D eigenvalue weighted by Gasteiger charge is 2.27. The van der Waals surface area contributed by atoms with Gasteiger partial charge in [0.2, 0.25) is 10.0 Å². The summed E-state index contributed by atoms with van der Waals surface area (Å²) >= 11 is 6.03. The van der Waals surface area contributed by atoms with Crippen molar-refractivity contribution in [2.45, 2.75) is 37.0 Å². The molecule has 1 aromatic carbocycles. The van der Waals surface area contributed by atoms with Gasteiger partial charge >= 0.3 is 5.97 Å². The van der Waals surface area contributed by atoms with Gasteiger partial charge in [0.05, 0.1) is 15.5 Å². The SMILES string of the molecule is O=C(O)CCCNC(=O)c1cc(S(=O)(=O)N2CCCCC2)ccc1Cl. The predicted octanol–water partition coefficient (Wildman–Crippen LogP) is 2.11. The number of nitrogens with zero attached hydrogens (tertiary/aromatic N) is 1. The third-order valence-corrected chi connectivity index (χ3v) is 6.21. The summed E-state index contributed by atoms with van der Waals surface area (Å²) in [5.41, 5.74) is 0.0649. The van der Waals surface area contributed by atoms with E-state index < -0.39 is 21.9 Å². The number of carboxylic acid groups (broad SMARTS) is 1. The van der Waals surface area contributed by atoms with Crippen molar-refractivity contribution in [1.82, 2.24) is 9.62 Å². The van der Waals surface area contributed by atoms with Crippen LogP contribution in [0.15, 0.2) is 23.1 Å². The normalized spacial score (nSPS) is 15.7. The van der Waals surface area contributed by atoms with Gasteiger partial charge in [-0.25, -0.2) is 8.42 Å². The molecule has 0 atom stereocenters. The number of aliphatic carboxylic acids is 1. The fourth-order valence-electron chi connectivity index (χ4n) is 2.63. The van der Waals surface area contributed by atoms with Crippen molar-refractivity contribution in [2.24, 2.45) is 0 Å². The van der Waals surface area contributed by atoms with Crippen LogP contribution in [0.1, 0.15) is 42.5 Å². The van der Waals surface area contributed by atoms with Crippen molar-refractivity contribution in [3.8, 4) is 0 Å². The van der Waals surface area contributed by atoms with Gasteiger partial charge in [0.15, 0.2) is 0 Å². The fourth-order valence-corrected chi connectivity index (χ4v) is 4.38. The van der Waals surface area contributed by atoms with Crippen molar-refractivity contribution in [3.05, 3.63) is 28.8 Å². The lowest BCUT2D eigenvalue weighted by Gasteiger charge is -2.26. The topological polar surface area (TPSA) is 104 Å². The van der Waals surface area contributed by atoms with Gasteiger partial charge < -0.3 is 10.4 Å². The third-order valence-electron chi connectivity index (χ3n) is 3.99. The molecule has 1 saturated heterocycles. The zero-order valence-electron chi connectivity index (χ0n) is 13.7. The highest BCUT2D eigenvalue weighted by Crippen LogP contribution is 2.25. The number of rotatable bonds is 7. The zero-order valence-corrected chi connectivity index (χ0v) is 15.3. The Morgan fingerprint density at radius 2 is 1.88 bits per heavy atom. The van der Waals surface area contributed by atoms with Crippen LogP contribution < -0.4 is 5.32 Å². The van der Waals surface area contributed by atoms with E-state index in [0.717, 1.165) is 19.3 Å². The highest BCUT2D eigenvalue weighted by atomic mass is 35.5. The number of hydrogen-bond donors (Lipinski definition) is 2. The maximum atomic E-state index is 12.7. The minimum atomic E-state index is -3.65. The second kappa shape index (κ2) is 8.64. The number of carboxylic acids is 1. The lowest BCUT2D eigenvalue weighted by atomic mass is 10.2. The number of amides is 1. The largest absolute Gasteiger partial charge is 0.481 e. The number of piperidine rings is 1. The molecule has 2 N–H and O–H groups in total. The first kappa shape index (κ1) is 19.7. The number of hydrogen-bond acceptors (Lipinski definition) is 4. The zero-order chi connectivity index (χ0) is 18.4. The molecule has 1 aromatic rings. The Balaban J connectivity index is 2.13. The Labute approximate surface area is 152 Å². The summed E-state index contributed by atoms with van der Waals surface area (Å²) in [4.78, 5) is 22.7. The average Bonchev–Trinajstić information content (AvgIpc) is 2.59. The summed E-state index contributed by atoms with van der Waals surface area (Å²) in [6.07, 6.45) is 2.88. The first-order chi connectivity index (χ1) is 11.8. The van der Waals surface area contributed by atoms with Gasteiger partial charge in [-0.05, 0) is 37.5 Å². The van der Waals surface area contributed by atoms with E-state index in [2.05, 4.69) is 5.32 Å². The van der Waals surface area contributed by atoms with Crippen LogP contribution in [0.4, 0.5) is 0 Å². The molecule has 0 spiro atoms. The van der Waals surface area contributed by atoms with Gasteiger partial charge in [0.1, 0.15) is 0 Å². The van der Waals surface area contributed by atoms with Gasteiger partial charge in [-0.15, -0.1) is 0 Å². The summed E-state index contributed by atoms with van der Waals surface area (Å²) in [5.74, 6) is -1.46. The molecular weight excluding hydrogens is 368 g/mol. The number of sulfonamides is 1. The summed E-state index contributed by atoms with van der Waals surface area (Å²) in [7, 11) is -3.65. The standard InChI is InChI=1S/C16H21ClN2O5S/c17-14-7-6-12(25(23,24)19-9-2-1-3-10-19)11-13(14)16(22)18-8-4-5-15(20)21/h6-7,11H,1-5,8-10H2,(H,18,22)(H,20,21). The molecule has 1 heterocycles. The van der Waals surface area contributed by atoms with Crippen molar-refractivity contribution in [3.63, 3.8) is 0 Å². The first-order valence-electron chi connectivity index (χ1n) is 8.12. The fraction of sp³-hybridized carbons (Fsp3) is 0.500. The van der Waals surface area contributed by atoms with Crippen LogP contribution >= 0.6 is 11.6 Å². The monoisotopic (exact) mass is 388 g/mol. The van der Waals surface area contributed by atoms with Gasteiger partial charge in [0, 0.05) is 26.1 Å². The predicted molar refractivity (Wildman–Crippen MR) is 93.3 cm³/mol. The van der Waals surface area contributed by atoms with E-state index in [0.29, 0.717) is 13.1 Å². The Morgan fingerprint density at radius 3 is 2.52 bits per heavy atom. The van der Waals surface area contributed by atoms with Crippen LogP contribution in [0, 0.1) is 0 Å². The molecule has 1 aliphatic rings. The number of halogens is 1. The molecule has 1 fully saturated rings. The van der Waals surface area contributed by atoms with Gasteiger partial charge in [-0.3, -0.25) is 9.59 Å². The quantitative estimate of drug-likeness (QED) is 0.696. The van der Waals surface area contributed by atoms with Gasteiger partial charge in [0.25, 0.3) is 5.91 Å². The maximum absolute atomic E-state index is 12.7. The van der Waals surface area contributed by atoms with Crippen LogP contribution in [-0.4, -0.2) is 49.3 Å². The number of nitrogens with one attached hydrogen (secondary N) is 1. The second-order valence-electron chi connectivity index (χ2n) is 5.86. The number of benzene rings is 1. The van der Waals surface area contributed by atoms with Crippen LogP contribution in [-0.2, 0) is 14.8 Å². The van der Waals surface area contributed by atoms with Crippen LogP contribution in [0.25, 0.3) is 0 Å². The number of carbonyl (C=O) groups is 2. The summed E-state index contributed by atoms with van der Waals surface area (Å²) in [6.45, 7) is 1.12. The van der Waals surface area contributed by atoms with Crippen LogP contribution in [0.3, 0.4) is 0 Å². The van der Waals surface area contributed by atoms with Crippen molar-refractivity contribution in [1.29, 1.82) is 0 Å². The Bertz CT molecular complexity index is 745. The van der Waals surface area contributed by atoms with Crippen molar-refractivity contribution >= 4 is 33.5 Å². The molecule has 7 nitrogen and oxygen atoms in total. The first-order valence-corrected chi connectivity index (χ1v) is 9.94. The van der Waals surface area contributed by atoms with E-state index in [4.69, 9.17) is 16.7 Å². The molecule has 0 unspecified atom stereocenters. The average molecular weight is 389 g/mol. The molecule has 0 saturated carbocycles. The van der Waals surface area contributed by atoms with E-state index >= 15 is 0 Å². The molecule has 25 heavy (non-hydrogen) atoms. The molecule has 0 bridgehead atoms. The molecule has 1 amide bonds. The van der Waals surface area contributed by atoms with E-state index in [1.807, 2.05) is 0 Å². The van der Waals surface area contributed by atoms with E-state index in [9.17, 15) is 18.0 Å². The third kappa shape index (κ3) is 5.17. The van der Waals surface area contributed by atoms with Gasteiger partial charge in [-0.1, -0.05) is 18.0 Å². The van der Waals surface area contributed by atoms with E-state index in [1.54, 1.807) is 0 Å². The molecule has 0 aliphatic carbocycles. The van der Waals surface area contributed by atoms with Crippen molar-refractivity contribution < 1.29 is 23.1 Å². The van der Waals surface area contributed by atoms with E-state index in [1.165, 1.54) is 22.5 Å². The molecule has 1 aliphatic heterocycles. The molecule has 9 heteroatoms. The molecular formula is C16H21ClN2O5S. The second-order valence-corrected chi connectivity index (χ2v) is 8.20. The molecule has 2 rings (SSSR count). The van der Waals surface area contributed by atoms with Crippen molar-refractivity contribution in [2.75, 3.05) is 19.6 Å². The Kier molecular flexibility index (Phi) is 6.80. The lowest BCUT2D eigenvalue weighted by Crippen LogP contribution is -2.35. The maximum Gasteiger partial charge on any atom is 0.303 e. The highest BCUT2D eigenvalue weighted by molar-refractivity contribution is 7.89. The van der Waals surface area contributed by atoms with Crippen LogP contribution in [0.5, 0.6) is 0 Å². The van der Waals surface area contributed by atoms with Gasteiger partial charge in [-0.2, -0.15) is 4.31 Å². The molecule has 138 valence electrons. The number of carbonyl (C=O) groups excluding carboxylic acids is 1. The summed E-state index contributed by atoms with van der Waals surface area (Å²) < 4.78 is 26.8. The minimum absolute atomic E-state index is 0.0366. The molecule has 0 aromatic heterocycles. The Morgan fingerprint density at radius 1 is 1.20 bits per heavy atom. The van der Waals surface area contributed by atoms with Crippen LogP contribution in [0.2, 0.25) is 5.02 Å². The lowest BCUT2D eigenvalue weighted by molar-refractivity contribution is -0.137. The summed E-state index contributed by atoms with van der Waals surface area (Å²) in [5, 5.41) is 11.3.